The second-order valence-corrected chi connectivity index (χ2v) is 11.9. The van der Waals surface area contributed by atoms with Crippen LogP contribution in [0.5, 0.6) is 0 Å². The van der Waals surface area contributed by atoms with Gasteiger partial charge in [0.2, 0.25) is 0 Å². The summed E-state index contributed by atoms with van der Waals surface area (Å²) in [4.78, 5) is 19.9. The molecule has 0 aliphatic heterocycles. The van der Waals surface area contributed by atoms with Gasteiger partial charge in [-0.3, -0.25) is 4.98 Å². The highest BCUT2D eigenvalue weighted by atomic mass is 15.0. The highest BCUT2D eigenvalue weighted by Crippen LogP contribution is 2.38. The zero-order chi connectivity index (χ0) is 32.6. The van der Waals surface area contributed by atoms with Crippen molar-refractivity contribution < 1.29 is 0 Å². The van der Waals surface area contributed by atoms with Crippen LogP contribution in [-0.2, 0) is 0 Å². The zero-order valence-electron chi connectivity index (χ0n) is 26.5. The lowest BCUT2D eigenvalue weighted by molar-refractivity contribution is 1.08. The number of hydrogen-bond donors (Lipinski definition) is 0. The molecular weight excluding hydrogens is 599 g/mol. The topological polar surface area (TPSA) is 56.5 Å². The molecule has 9 aromatic rings. The first-order chi connectivity index (χ1) is 24.3. The lowest BCUT2D eigenvalue weighted by atomic mass is 9.99. The molecule has 0 atom stereocenters. The average molecular weight is 628 g/mol. The van der Waals surface area contributed by atoms with E-state index in [0.717, 1.165) is 66.6 Å². The van der Waals surface area contributed by atoms with E-state index in [1.807, 2.05) is 60.8 Å². The molecule has 0 fully saturated rings. The van der Waals surface area contributed by atoms with Gasteiger partial charge < -0.3 is 4.57 Å². The summed E-state index contributed by atoms with van der Waals surface area (Å²) in [7, 11) is 0. The van der Waals surface area contributed by atoms with Gasteiger partial charge in [-0.1, -0.05) is 121 Å². The van der Waals surface area contributed by atoms with Gasteiger partial charge in [0.15, 0.2) is 17.5 Å². The number of benzene rings is 6. The van der Waals surface area contributed by atoms with Crippen molar-refractivity contribution in [2.24, 2.45) is 0 Å². The molecule has 49 heavy (non-hydrogen) atoms. The monoisotopic (exact) mass is 627 g/mol. The minimum absolute atomic E-state index is 0.621. The predicted molar refractivity (Wildman–Crippen MR) is 199 cm³/mol. The molecule has 0 aliphatic rings. The van der Waals surface area contributed by atoms with Crippen molar-refractivity contribution in [1.82, 2.24) is 24.5 Å². The maximum absolute atomic E-state index is 5.20. The third-order valence-electron chi connectivity index (χ3n) is 8.90. The van der Waals surface area contributed by atoms with Crippen molar-refractivity contribution >= 4 is 21.8 Å². The maximum atomic E-state index is 5.20. The SMILES string of the molecule is c1ccc(-c2nc(-c3cccc(-c4cccc(-c5ccccn5)c4)c3)nc(-c3cccc4c3c3ccccc3n4-c3ccccc3)n2)cc1. The van der Waals surface area contributed by atoms with E-state index in [1.54, 1.807) is 0 Å². The van der Waals surface area contributed by atoms with Crippen LogP contribution in [0, 0.1) is 0 Å². The Hall–Kier alpha value is -6.72. The van der Waals surface area contributed by atoms with Gasteiger partial charge in [-0.05, 0) is 59.7 Å². The molecule has 230 valence electrons. The van der Waals surface area contributed by atoms with Crippen LogP contribution in [-0.4, -0.2) is 24.5 Å². The predicted octanol–water partition coefficient (Wildman–Crippen LogP) is 10.7. The molecule has 0 aliphatic carbocycles. The van der Waals surface area contributed by atoms with Crippen molar-refractivity contribution in [3.05, 3.63) is 176 Å². The van der Waals surface area contributed by atoms with E-state index in [9.17, 15) is 0 Å². The van der Waals surface area contributed by atoms with E-state index in [0.29, 0.717) is 17.5 Å². The molecule has 5 heteroatoms. The average Bonchev–Trinajstić information content (AvgIpc) is 3.53. The minimum atomic E-state index is 0.621. The first-order valence-electron chi connectivity index (χ1n) is 16.3. The van der Waals surface area contributed by atoms with Crippen LogP contribution < -0.4 is 0 Å². The smallest absolute Gasteiger partial charge is 0.164 e. The third kappa shape index (κ3) is 5.24. The zero-order valence-corrected chi connectivity index (χ0v) is 26.5. The van der Waals surface area contributed by atoms with Gasteiger partial charge in [0.25, 0.3) is 0 Å². The van der Waals surface area contributed by atoms with Crippen LogP contribution in [0.1, 0.15) is 0 Å². The standard InChI is InChI=1S/C44H29N5/c1-3-14-30(15-4-1)42-46-43(34-19-12-17-32(29-34)31-16-11-18-33(28-31)38-24-9-10-27-45-38)48-44(47-42)37-23-13-26-40-41(37)36-22-7-8-25-39(36)49(40)35-20-5-2-6-21-35/h1-29H. The number of fused-ring (bicyclic) bond motifs is 3. The van der Waals surface area contributed by atoms with Gasteiger partial charge in [-0.15, -0.1) is 0 Å². The summed E-state index contributed by atoms with van der Waals surface area (Å²) in [6.45, 7) is 0. The van der Waals surface area contributed by atoms with Crippen LogP contribution in [0.15, 0.2) is 176 Å². The Balaban J connectivity index is 1.24. The number of aromatic nitrogens is 5. The molecule has 0 radical (unpaired) electrons. The van der Waals surface area contributed by atoms with Crippen molar-refractivity contribution in [1.29, 1.82) is 0 Å². The minimum Gasteiger partial charge on any atom is -0.309 e. The lowest BCUT2D eigenvalue weighted by Crippen LogP contribution is -2.00. The largest absolute Gasteiger partial charge is 0.309 e. The van der Waals surface area contributed by atoms with E-state index in [1.165, 1.54) is 0 Å². The number of hydrogen-bond acceptors (Lipinski definition) is 4. The van der Waals surface area contributed by atoms with Crippen LogP contribution >= 0.6 is 0 Å². The Bertz CT molecular complexity index is 2590. The Morgan fingerprint density at radius 3 is 1.73 bits per heavy atom. The molecular formula is C44H29N5. The fraction of sp³-hybridized carbons (Fsp3) is 0. The molecule has 0 unspecified atom stereocenters. The summed E-state index contributed by atoms with van der Waals surface area (Å²) >= 11 is 0. The van der Waals surface area contributed by atoms with Gasteiger partial charge in [-0.2, -0.15) is 0 Å². The summed E-state index contributed by atoms with van der Waals surface area (Å²) in [6.07, 6.45) is 1.82. The number of pyridine rings is 1. The molecule has 0 N–H and O–H groups in total. The van der Waals surface area contributed by atoms with E-state index >= 15 is 0 Å². The Labute approximate surface area is 283 Å². The molecule has 9 rings (SSSR count). The Morgan fingerprint density at radius 1 is 0.388 bits per heavy atom. The van der Waals surface area contributed by atoms with Crippen LogP contribution in [0.4, 0.5) is 0 Å². The van der Waals surface area contributed by atoms with Gasteiger partial charge >= 0.3 is 0 Å². The Morgan fingerprint density at radius 2 is 0.959 bits per heavy atom. The fourth-order valence-electron chi connectivity index (χ4n) is 6.63. The number of para-hydroxylation sites is 2. The Kier molecular flexibility index (Phi) is 7.06. The van der Waals surface area contributed by atoms with Crippen molar-refractivity contribution in [3.63, 3.8) is 0 Å². The quantitative estimate of drug-likeness (QED) is 0.184. The molecule has 6 aromatic carbocycles. The van der Waals surface area contributed by atoms with Crippen molar-refractivity contribution in [2.45, 2.75) is 0 Å². The van der Waals surface area contributed by atoms with Crippen LogP contribution in [0.3, 0.4) is 0 Å². The molecule has 0 saturated carbocycles. The molecule has 0 bridgehead atoms. The van der Waals surface area contributed by atoms with Crippen LogP contribution in [0.25, 0.3) is 84.0 Å². The highest BCUT2D eigenvalue weighted by molar-refractivity contribution is 6.15. The second-order valence-electron chi connectivity index (χ2n) is 11.9. The van der Waals surface area contributed by atoms with Gasteiger partial charge in [-0.25, -0.2) is 15.0 Å². The van der Waals surface area contributed by atoms with E-state index < -0.39 is 0 Å². The number of rotatable bonds is 6. The summed E-state index contributed by atoms with van der Waals surface area (Å²) in [6, 6.07) is 58.4. The summed E-state index contributed by atoms with van der Waals surface area (Å²) < 4.78 is 2.32. The molecule has 0 spiro atoms. The first-order valence-corrected chi connectivity index (χ1v) is 16.3. The first kappa shape index (κ1) is 28.5. The maximum Gasteiger partial charge on any atom is 0.164 e. The van der Waals surface area contributed by atoms with E-state index in [2.05, 4.69) is 125 Å². The van der Waals surface area contributed by atoms with Crippen molar-refractivity contribution in [3.8, 4) is 62.2 Å². The molecule has 0 saturated heterocycles. The summed E-state index contributed by atoms with van der Waals surface area (Å²) in [5.41, 5.74) is 10.3. The van der Waals surface area contributed by atoms with E-state index in [-0.39, 0.29) is 0 Å². The van der Waals surface area contributed by atoms with Gasteiger partial charge in [0.1, 0.15) is 0 Å². The summed E-state index contributed by atoms with van der Waals surface area (Å²) in [5.74, 6) is 1.88. The molecule has 3 heterocycles. The second kappa shape index (κ2) is 12.1. The van der Waals surface area contributed by atoms with E-state index in [4.69, 9.17) is 15.0 Å². The third-order valence-corrected chi connectivity index (χ3v) is 8.90. The molecule has 0 amide bonds. The normalized spacial score (nSPS) is 11.3. The van der Waals surface area contributed by atoms with Crippen LogP contribution in [0.2, 0.25) is 0 Å². The summed E-state index contributed by atoms with van der Waals surface area (Å²) in [5, 5.41) is 2.26. The van der Waals surface area contributed by atoms with Gasteiger partial charge in [0, 0.05) is 44.9 Å². The fourth-order valence-corrected chi connectivity index (χ4v) is 6.63. The molecule has 5 nitrogen and oxygen atoms in total. The van der Waals surface area contributed by atoms with Gasteiger partial charge in [0.05, 0.1) is 16.7 Å². The molecule has 3 aromatic heterocycles. The lowest BCUT2D eigenvalue weighted by Gasteiger charge is -2.11. The van der Waals surface area contributed by atoms with Crippen molar-refractivity contribution in [2.75, 3.05) is 0 Å². The number of nitrogens with zero attached hydrogens (tertiary/aromatic N) is 5. The highest BCUT2D eigenvalue weighted by Gasteiger charge is 2.19.